The highest BCUT2D eigenvalue weighted by Crippen LogP contribution is 2.52. The van der Waals surface area contributed by atoms with Gasteiger partial charge in [-0.25, -0.2) is 0 Å². The number of imide groups is 1. The molecule has 0 saturated carbocycles. The number of thioether (sulfide) groups is 1. The Morgan fingerprint density at radius 3 is 2.65 bits per heavy atom. The Hall–Kier alpha value is -2.23. The lowest BCUT2D eigenvalue weighted by atomic mass is 9.76. The molecule has 3 heterocycles. The summed E-state index contributed by atoms with van der Waals surface area (Å²) in [7, 11) is 0. The molecule has 2 saturated heterocycles. The van der Waals surface area contributed by atoms with Crippen molar-refractivity contribution in [2.75, 3.05) is 18.6 Å². The molecule has 1 aromatic heterocycles. The summed E-state index contributed by atoms with van der Waals surface area (Å²) in [5.41, 5.74) is 0.199. The molecule has 4 atom stereocenters. The monoisotopic (exact) mass is 579 g/mol. The van der Waals surface area contributed by atoms with Gasteiger partial charge in [0.05, 0.1) is 21.9 Å². The Balaban J connectivity index is 1.65. The minimum atomic E-state index is -1.76. The van der Waals surface area contributed by atoms with Crippen molar-refractivity contribution in [3.8, 4) is 0 Å². The number of amides is 2. The average molecular weight is 581 g/mol. The number of carboxylic acids is 1. The van der Waals surface area contributed by atoms with Gasteiger partial charge in [-0.3, -0.25) is 24.6 Å². The van der Waals surface area contributed by atoms with Crippen molar-refractivity contribution in [1.29, 1.82) is 0 Å². The molecule has 2 aromatic carbocycles. The third-order valence-corrected chi connectivity index (χ3v) is 9.09. The Labute approximate surface area is 232 Å². The van der Waals surface area contributed by atoms with Gasteiger partial charge in [0, 0.05) is 41.1 Å². The number of rotatable bonds is 8. The summed E-state index contributed by atoms with van der Waals surface area (Å²) in [5, 5.41) is 15.4. The molecule has 0 bridgehead atoms. The van der Waals surface area contributed by atoms with E-state index in [9.17, 15) is 19.5 Å². The Morgan fingerprint density at radius 1 is 1.16 bits per heavy atom. The van der Waals surface area contributed by atoms with E-state index in [0.717, 1.165) is 22.2 Å². The number of fused-ring (bicyclic) bond motifs is 2. The number of carboxylic acid groups (broad SMARTS) is 1. The van der Waals surface area contributed by atoms with E-state index in [-0.39, 0.29) is 23.0 Å². The van der Waals surface area contributed by atoms with Crippen LogP contribution in [0, 0.1) is 11.8 Å². The van der Waals surface area contributed by atoms with Crippen LogP contribution in [0.15, 0.2) is 42.6 Å². The molecule has 2 aliphatic rings. The summed E-state index contributed by atoms with van der Waals surface area (Å²) < 4.78 is 0. The lowest BCUT2D eigenvalue weighted by Gasteiger charge is -2.31. The van der Waals surface area contributed by atoms with Crippen molar-refractivity contribution >= 4 is 75.3 Å². The average Bonchev–Trinajstić information content (AvgIpc) is 3.50. The molecule has 7 nitrogen and oxygen atoms in total. The van der Waals surface area contributed by atoms with Gasteiger partial charge in [0.1, 0.15) is 5.54 Å². The predicted octanol–water partition coefficient (Wildman–Crippen LogP) is 5.19. The van der Waals surface area contributed by atoms with Crippen LogP contribution < -0.4 is 5.32 Å². The van der Waals surface area contributed by atoms with Crippen LogP contribution in [0.2, 0.25) is 15.1 Å². The summed E-state index contributed by atoms with van der Waals surface area (Å²) >= 11 is 20.8. The fourth-order valence-corrected chi connectivity index (χ4v) is 6.89. The molecule has 0 spiro atoms. The number of aromatic amines is 1. The normalized spacial score (nSPS) is 25.3. The van der Waals surface area contributed by atoms with Crippen molar-refractivity contribution in [1.82, 2.24) is 15.2 Å². The lowest BCUT2D eigenvalue weighted by molar-refractivity contribution is -0.151. The molecule has 194 valence electrons. The zero-order chi connectivity index (χ0) is 26.5. The van der Waals surface area contributed by atoms with E-state index in [4.69, 9.17) is 34.8 Å². The van der Waals surface area contributed by atoms with Gasteiger partial charge in [0.15, 0.2) is 0 Å². The lowest BCUT2D eigenvalue weighted by Crippen LogP contribution is -2.57. The quantitative estimate of drug-likeness (QED) is 0.192. The Morgan fingerprint density at radius 2 is 1.92 bits per heavy atom. The number of carbonyl (C=O) groups excluding carboxylic acids is 2. The molecule has 3 N–H and O–H groups in total. The molecule has 3 aromatic rings. The first-order chi connectivity index (χ1) is 17.7. The minimum Gasteiger partial charge on any atom is -0.480 e. The topological polar surface area (TPSA) is 102 Å². The fraction of sp³-hybridized carbons (Fsp3) is 0.346. The summed E-state index contributed by atoms with van der Waals surface area (Å²) in [6.45, 7) is 0.227. The standard InChI is InChI=1S/C26H24Cl3N3O4S/c1-37-8-4-7-32-23(33)19-20(24(32)34)26(25(35)36,11-13-12-30-18-6-3-2-5-15(13)18)31-22(19)16-9-14(27)10-17(28)21(16)29/h2-3,5-6,9-10,12,19-20,22,30-31H,4,7-8,11H2,1H3,(H,35,36). The van der Waals surface area contributed by atoms with Crippen LogP contribution in [0.25, 0.3) is 10.9 Å². The maximum Gasteiger partial charge on any atom is 0.325 e. The second-order valence-corrected chi connectivity index (χ2v) is 11.6. The van der Waals surface area contributed by atoms with Crippen LogP contribution >= 0.6 is 46.6 Å². The highest BCUT2D eigenvalue weighted by Gasteiger charge is 2.68. The van der Waals surface area contributed by atoms with Crippen LogP contribution in [0.1, 0.15) is 23.6 Å². The highest BCUT2D eigenvalue weighted by molar-refractivity contribution is 7.98. The van der Waals surface area contributed by atoms with E-state index in [1.807, 2.05) is 30.5 Å². The molecule has 5 rings (SSSR count). The number of likely N-dealkylation sites (tertiary alicyclic amines) is 1. The van der Waals surface area contributed by atoms with Gasteiger partial charge in [-0.1, -0.05) is 53.0 Å². The smallest absolute Gasteiger partial charge is 0.325 e. The number of hydrogen-bond acceptors (Lipinski definition) is 5. The van der Waals surface area contributed by atoms with Gasteiger partial charge in [-0.2, -0.15) is 11.8 Å². The number of benzene rings is 2. The first kappa shape index (κ1) is 26.4. The van der Waals surface area contributed by atoms with Gasteiger partial charge >= 0.3 is 5.97 Å². The molecule has 0 aliphatic carbocycles. The van der Waals surface area contributed by atoms with Gasteiger partial charge < -0.3 is 10.1 Å². The summed E-state index contributed by atoms with van der Waals surface area (Å²) in [6.07, 6.45) is 4.29. The number of carbonyl (C=O) groups is 3. The summed E-state index contributed by atoms with van der Waals surface area (Å²) in [4.78, 5) is 45.0. The fourth-order valence-electron chi connectivity index (χ4n) is 5.73. The number of H-pyrrole nitrogens is 1. The largest absolute Gasteiger partial charge is 0.480 e. The third kappa shape index (κ3) is 4.33. The molecule has 2 fully saturated rings. The van der Waals surface area contributed by atoms with Crippen molar-refractivity contribution in [3.63, 3.8) is 0 Å². The molecule has 0 radical (unpaired) electrons. The molecule has 2 amide bonds. The highest BCUT2D eigenvalue weighted by atomic mass is 35.5. The van der Waals surface area contributed by atoms with Gasteiger partial charge in [0.2, 0.25) is 11.8 Å². The number of halogens is 3. The second kappa shape index (κ2) is 10.2. The molecule has 11 heteroatoms. The van der Waals surface area contributed by atoms with E-state index in [0.29, 0.717) is 17.0 Å². The van der Waals surface area contributed by atoms with Gasteiger partial charge in [0.25, 0.3) is 0 Å². The van der Waals surface area contributed by atoms with E-state index in [2.05, 4.69) is 10.3 Å². The van der Waals surface area contributed by atoms with Crippen LogP contribution in [0.3, 0.4) is 0 Å². The SMILES string of the molecule is CSCCCN1C(=O)C2C(c3cc(Cl)cc(Cl)c3Cl)NC(Cc3c[nH]c4ccccc34)(C(=O)O)C2C1=O. The first-order valence-corrected chi connectivity index (χ1v) is 14.3. The van der Waals surface area contributed by atoms with Gasteiger partial charge in [-0.15, -0.1) is 0 Å². The number of aliphatic carboxylic acids is 1. The number of aromatic nitrogens is 1. The van der Waals surface area contributed by atoms with Gasteiger partial charge in [-0.05, 0) is 47.8 Å². The molecular formula is C26H24Cl3N3O4S. The number of hydrogen-bond donors (Lipinski definition) is 3. The molecule has 4 unspecified atom stereocenters. The molecular weight excluding hydrogens is 557 g/mol. The second-order valence-electron chi connectivity index (χ2n) is 9.40. The van der Waals surface area contributed by atoms with Crippen LogP contribution in [0.4, 0.5) is 0 Å². The van der Waals surface area contributed by atoms with Crippen LogP contribution in [-0.2, 0) is 20.8 Å². The maximum atomic E-state index is 13.8. The first-order valence-electron chi connectivity index (χ1n) is 11.7. The van der Waals surface area contributed by atoms with Crippen molar-refractivity contribution in [3.05, 3.63) is 68.8 Å². The van der Waals surface area contributed by atoms with Crippen molar-refractivity contribution in [2.24, 2.45) is 11.8 Å². The summed E-state index contributed by atoms with van der Waals surface area (Å²) in [5.74, 6) is -3.47. The Kier molecular flexibility index (Phi) is 7.24. The minimum absolute atomic E-state index is 0.0202. The molecule has 2 aliphatic heterocycles. The van der Waals surface area contributed by atoms with E-state index >= 15 is 0 Å². The molecule has 37 heavy (non-hydrogen) atoms. The number of nitrogens with one attached hydrogen (secondary N) is 2. The Bertz CT molecular complexity index is 1410. The summed E-state index contributed by atoms with van der Waals surface area (Å²) in [6, 6.07) is 9.71. The van der Waals surface area contributed by atoms with E-state index < -0.39 is 41.2 Å². The van der Waals surface area contributed by atoms with Crippen LogP contribution in [0.5, 0.6) is 0 Å². The van der Waals surface area contributed by atoms with Crippen molar-refractivity contribution < 1.29 is 19.5 Å². The third-order valence-electron chi connectivity index (χ3n) is 7.36. The zero-order valence-corrected chi connectivity index (χ0v) is 22.8. The van der Waals surface area contributed by atoms with Crippen LogP contribution in [-0.4, -0.2) is 56.9 Å². The number of nitrogens with zero attached hydrogens (tertiary/aromatic N) is 1. The van der Waals surface area contributed by atoms with E-state index in [1.54, 1.807) is 24.0 Å². The maximum absolute atomic E-state index is 13.8. The predicted molar refractivity (Wildman–Crippen MR) is 146 cm³/mol. The zero-order valence-electron chi connectivity index (χ0n) is 19.8. The van der Waals surface area contributed by atoms with Crippen molar-refractivity contribution in [2.45, 2.75) is 24.4 Å². The number of para-hydroxylation sites is 1. The van der Waals surface area contributed by atoms with E-state index in [1.165, 1.54) is 11.0 Å².